The number of carbonyl (C=O) groups excluding carboxylic acids is 5. The number of unbranched alkanes of at least 4 members (excludes halogenated alkanes) is 1. The first-order valence-corrected chi connectivity index (χ1v) is 40.7. The molecule has 2 aromatic carbocycles. The maximum absolute atomic E-state index is 12.4. The molecule has 0 aliphatic heterocycles. The lowest BCUT2D eigenvalue weighted by atomic mass is 9.86. The monoisotopic (exact) mass is 1470 g/mol. The highest BCUT2D eigenvalue weighted by Gasteiger charge is 2.28. The topological polar surface area (TPSA) is 246 Å². The van der Waals surface area contributed by atoms with Crippen LogP contribution in [-0.2, 0) is 85.1 Å². The minimum absolute atomic E-state index is 0.0261. The molecule has 20 nitrogen and oxygen atoms in total. The average Bonchev–Trinajstić information content (AvgIpc) is 1.32. The molecule has 4 amide bonds. The van der Waals surface area contributed by atoms with E-state index in [-0.39, 0.29) is 42.4 Å². The number of aromatic nitrogens is 3. The Morgan fingerprint density at radius 3 is 1.68 bits per heavy atom. The third-order valence-corrected chi connectivity index (χ3v) is 21.0. The Morgan fingerprint density at radius 1 is 0.614 bits per heavy atom. The van der Waals surface area contributed by atoms with Crippen LogP contribution in [0.2, 0.25) is 0 Å². The van der Waals surface area contributed by atoms with Crippen LogP contribution in [0, 0.1) is 12.3 Å². The molecule has 0 spiro atoms. The number of amides is 4. The summed E-state index contributed by atoms with van der Waals surface area (Å²) in [5.41, 5.74) is 6.17. The van der Waals surface area contributed by atoms with Gasteiger partial charge >= 0.3 is 17.9 Å². The predicted octanol–water partition coefficient (Wildman–Crippen LogP) is 12.4. The Morgan fingerprint density at radius 2 is 1.16 bits per heavy atom. The number of fused-ring (bicyclic) bond motifs is 2. The van der Waals surface area contributed by atoms with Crippen LogP contribution in [0.1, 0.15) is 176 Å². The van der Waals surface area contributed by atoms with E-state index in [4.69, 9.17) is 26.1 Å². The molecule has 0 radical (unpaired) electrons. The fourth-order valence-corrected chi connectivity index (χ4v) is 15.1. The lowest BCUT2D eigenvalue weighted by molar-refractivity contribution is -0.137. The number of rotatable bonds is 45. The van der Waals surface area contributed by atoms with Crippen LogP contribution in [0.15, 0.2) is 77.6 Å². The summed E-state index contributed by atoms with van der Waals surface area (Å²) < 4.78 is 13.7. The van der Waals surface area contributed by atoms with Gasteiger partial charge in [-0.2, -0.15) is 23.5 Å². The van der Waals surface area contributed by atoms with E-state index in [2.05, 4.69) is 110 Å². The van der Waals surface area contributed by atoms with Crippen LogP contribution in [-0.4, -0.2) is 193 Å². The number of carbonyl (C=O) groups is 7. The van der Waals surface area contributed by atoms with Crippen LogP contribution in [0.5, 0.6) is 11.5 Å². The minimum Gasteiger partial charge on any atom is -0.491 e. The molecule has 2 unspecified atom stereocenters. The number of benzene rings is 2. The Labute approximate surface area is 618 Å². The average molecular weight is 1470 g/mol. The van der Waals surface area contributed by atoms with Crippen molar-refractivity contribution in [1.82, 2.24) is 45.2 Å². The van der Waals surface area contributed by atoms with Crippen LogP contribution in [0.25, 0.3) is 0 Å². The lowest BCUT2D eigenvalue weighted by Crippen LogP contribution is -2.41. The Hall–Kier alpha value is -6.75. The van der Waals surface area contributed by atoms with Crippen LogP contribution < -0.4 is 20.1 Å². The molecule has 0 fully saturated rings. The summed E-state index contributed by atoms with van der Waals surface area (Å²) in [5.74, 6) is 4.82. The van der Waals surface area contributed by atoms with Gasteiger partial charge in [-0.1, -0.05) is 90.1 Å². The number of carboxylic acid groups (broad SMARTS) is 2. The number of esters is 1. The number of carboxylic acids is 2. The van der Waals surface area contributed by atoms with Crippen molar-refractivity contribution in [3.05, 3.63) is 115 Å². The van der Waals surface area contributed by atoms with Crippen molar-refractivity contribution in [3.8, 4) is 23.8 Å². The molecular weight excluding hydrogens is 1360 g/mol. The van der Waals surface area contributed by atoms with E-state index in [1.165, 1.54) is 74.8 Å². The Kier molecular flexibility index (Phi) is 44.8. The van der Waals surface area contributed by atoms with E-state index in [9.17, 15) is 33.6 Å². The van der Waals surface area contributed by atoms with Crippen molar-refractivity contribution < 1.29 is 53.2 Å². The molecule has 3 heterocycles. The number of thioether (sulfide) groups is 2. The van der Waals surface area contributed by atoms with Crippen molar-refractivity contribution in [1.29, 1.82) is 0 Å². The molecular formula is C77H115N9O11S4. The van der Waals surface area contributed by atoms with Crippen molar-refractivity contribution >= 4 is 87.7 Å². The molecule has 0 saturated carbocycles. The number of nitrogens with zero attached hydrogens (tertiary/aromatic N) is 7. The normalized spacial score (nSPS) is 13.5. The van der Waals surface area contributed by atoms with Crippen molar-refractivity contribution in [2.24, 2.45) is 0 Å². The van der Waals surface area contributed by atoms with E-state index >= 15 is 0 Å². The highest BCUT2D eigenvalue weighted by atomic mass is 32.2. The number of hydrogen-bond acceptors (Lipinski definition) is 17. The maximum atomic E-state index is 12.4. The Balaban J connectivity index is 0.000000355. The molecule has 7 rings (SSSR count). The van der Waals surface area contributed by atoms with Crippen molar-refractivity contribution in [3.63, 3.8) is 0 Å². The standard InChI is InChI=1S/C37H54N6O5S2.C22H29NO2S.C16H26N2O4S.C2H6/c1-3-18-41(19-15-32-10-7-24-50-32)31-13-14-33-29(27-31)8-5-11-34(33)48-23-21-43-28-30(39-40-43)9-6-12-35(44)38-17-20-42(36(45)4-2)22-26-49-25-16-37(46)47;1-3-13-23(14-12-19-8-6-15-26-19)18-11-10-17-7-5-9-21(20(17)16-18)25-22(24)4-2;1-3-5-6-7-14(19)17-9-10-18(15(20)4-2)11-13-23-12-8-16(21)22;1-2/h5,7-8,10-11,24,28,31H,3-4,6,9,12-23,25-27H2,1-2H3,(H,38,44)(H,46,47);5-9,15,18H,3-4,10-14,16H2,1-2H3;1H,4-13H2,2H3,(H,17,19)(H,21,22);1-2H3. The molecule has 2 atom stereocenters. The van der Waals surface area contributed by atoms with E-state index < -0.39 is 11.9 Å². The number of aliphatic carboxylic acids is 2. The third-order valence-electron chi connectivity index (χ3n) is 17.2. The van der Waals surface area contributed by atoms with Gasteiger partial charge in [0.15, 0.2) is 0 Å². The van der Waals surface area contributed by atoms with Gasteiger partial charge in [0.2, 0.25) is 23.6 Å². The summed E-state index contributed by atoms with van der Waals surface area (Å²) in [6.45, 7) is 22.4. The van der Waals surface area contributed by atoms with Gasteiger partial charge in [0.1, 0.15) is 18.1 Å². The summed E-state index contributed by atoms with van der Waals surface area (Å²) in [6.07, 6.45) is 22.9. The second kappa shape index (κ2) is 52.2. The zero-order chi connectivity index (χ0) is 73.4. The smallest absolute Gasteiger partial charge is 0.310 e. The summed E-state index contributed by atoms with van der Waals surface area (Å²) >= 11 is 6.72. The molecule has 101 heavy (non-hydrogen) atoms. The molecule has 0 bridgehead atoms. The lowest BCUT2D eigenvalue weighted by Gasteiger charge is -2.35. The number of aryl methyl sites for hydroxylation is 2. The zero-order valence-corrected chi connectivity index (χ0v) is 64.5. The van der Waals surface area contributed by atoms with Crippen LogP contribution in [0.3, 0.4) is 0 Å². The second-order valence-electron chi connectivity index (χ2n) is 24.6. The molecule has 4 N–H and O–H groups in total. The second-order valence-corrected chi connectivity index (χ2v) is 29.1. The summed E-state index contributed by atoms with van der Waals surface area (Å²) in [7, 11) is 0. The van der Waals surface area contributed by atoms with Crippen molar-refractivity contribution in [2.45, 2.75) is 202 Å². The van der Waals surface area contributed by atoms with Gasteiger partial charge in [0.05, 0.1) is 25.1 Å². The van der Waals surface area contributed by atoms with E-state index in [0.717, 1.165) is 88.3 Å². The maximum Gasteiger partial charge on any atom is 0.310 e. The van der Waals surface area contributed by atoms with Gasteiger partial charge < -0.3 is 40.1 Å². The Bertz CT molecular complexity index is 3210. The first-order chi connectivity index (χ1) is 49.1. The molecule has 558 valence electrons. The number of hydrogen-bond donors (Lipinski definition) is 4. The van der Waals surface area contributed by atoms with E-state index in [0.29, 0.717) is 145 Å². The summed E-state index contributed by atoms with van der Waals surface area (Å²) in [5, 5.41) is 35.9. The molecule has 24 heteroatoms. The number of nitrogens with one attached hydrogen (secondary N) is 2. The fraction of sp³-hybridized carbons (Fsp3) is 0.597. The van der Waals surface area contributed by atoms with E-state index in [1.807, 2.05) is 68.7 Å². The fourth-order valence-electron chi connectivity index (χ4n) is 12.0. The third kappa shape index (κ3) is 34.9. The van der Waals surface area contributed by atoms with Gasteiger partial charge in [0, 0.05) is 142 Å². The summed E-state index contributed by atoms with van der Waals surface area (Å²) in [6, 6.07) is 22.5. The number of ether oxygens (including phenoxy) is 2. The largest absolute Gasteiger partial charge is 0.491 e. The number of thiophene rings is 2. The van der Waals surface area contributed by atoms with Gasteiger partial charge in [-0.05, 0) is 154 Å². The highest BCUT2D eigenvalue weighted by molar-refractivity contribution is 7.99. The molecule has 0 saturated heterocycles. The summed E-state index contributed by atoms with van der Waals surface area (Å²) in [4.78, 5) is 92.7. The minimum atomic E-state index is -0.818. The van der Waals surface area contributed by atoms with E-state index in [1.54, 1.807) is 21.4 Å². The first-order valence-electron chi connectivity index (χ1n) is 36.7. The van der Waals surface area contributed by atoms with Gasteiger partial charge in [-0.15, -0.1) is 40.1 Å². The molecule has 2 aliphatic carbocycles. The highest BCUT2D eigenvalue weighted by Crippen LogP contribution is 2.34. The first kappa shape index (κ1) is 86.7. The molecule has 5 aromatic rings. The predicted molar refractivity (Wildman–Crippen MR) is 412 cm³/mol. The van der Waals surface area contributed by atoms with Gasteiger partial charge in [-0.25, -0.2) is 4.68 Å². The quantitative estimate of drug-likeness (QED) is 0.0122. The van der Waals surface area contributed by atoms with Gasteiger partial charge in [0.25, 0.3) is 0 Å². The van der Waals surface area contributed by atoms with Crippen molar-refractivity contribution in [2.75, 3.05) is 95.1 Å². The SMILES string of the molecule is C#CCCCC(=O)NCCN(CCSCCC(=O)O)C(=O)CC.CC.CCCN(CCc1cccs1)C1CCc2c(cccc2OCCn2cc(CCCC(=O)NCCN(CCSCCC(=O)O)C(=O)CC)nn2)C1.CCCN(CCc1cccs1)C1CCc2cccc(OC(=O)CC)c2C1. The molecule has 3 aromatic heterocycles. The van der Waals surface area contributed by atoms with Gasteiger partial charge in [-0.3, -0.25) is 43.4 Å². The van der Waals surface area contributed by atoms with Crippen LogP contribution >= 0.6 is 46.2 Å². The van der Waals surface area contributed by atoms with Crippen LogP contribution in [0.4, 0.5) is 0 Å². The molecule has 2 aliphatic rings. The number of terminal acetylenes is 1. The zero-order valence-electron chi connectivity index (χ0n) is 61.2.